The Hall–Kier alpha value is -0.830. The molecule has 0 saturated carbocycles. The van der Waals surface area contributed by atoms with E-state index in [1.807, 2.05) is 30.3 Å². The van der Waals surface area contributed by atoms with Crippen LogP contribution in [0.1, 0.15) is 30.9 Å². The molecule has 1 aliphatic heterocycles. The SMILES string of the molecule is C=CCCOC1CCOC(c2ccc(Cl)cc2)C1. The average Bonchev–Trinajstić information content (AvgIpc) is 2.40. The summed E-state index contributed by atoms with van der Waals surface area (Å²) in [4.78, 5) is 0. The van der Waals surface area contributed by atoms with Crippen LogP contribution in [-0.2, 0) is 9.47 Å². The lowest BCUT2D eigenvalue weighted by Crippen LogP contribution is -2.26. The Morgan fingerprint density at radius 1 is 1.39 bits per heavy atom. The summed E-state index contributed by atoms with van der Waals surface area (Å²) in [5.74, 6) is 0. The predicted octanol–water partition coefficient (Wildman–Crippen LogP) is 4.15. The van der Waals surface area contributed by atoms with Crippen molar-refractivity contribution in [3.05, 3.63) is 47.5 Å². The van der Waals surface area contributed by atoms with Crippen LogP contribution in [0.4, 0.5) is 0 Å². The van der Waals surface area contributed by atoms with Gasteiger partial charge in [-0.2, -0.15) is 0 Å². The van der Waals surface area contributed by atoms with Crippen LogP contribution in [0.3, 0.4) is 0 Å². The van der Waals surface area contributed by atoms with E-state index in [0.717, 1.165) is 37.5 Å². The highest BCUT2D eigenvalue weighted by molar-refractivity contribution is 6.30. The van der Waals surface area contributed by atoms with Crippen LogP contribution in [0.5, 0.6) is 0 Å². The minimum Gasteiger partial charge on any atom is -0.378 e. The molecule has 3 heteroatoms. The predicted molar refractivity (Wildman–Crippen MR) is 73.9 cm³/mol. The monoisotopic (exact) mass is 266 g/mol. The summed E-state index contributed by atoms with van der Waals surface area (Å²) in [5, 5.41) is 0.758. The van der Waals surface area contributed by atoms with Gasteiger partial charge in [0.25, 0.3) is 0 Å². The van der Waals surface area contributed by atoms with Crippen molar-refractivity contribution in [3.63, 3.8) is 0 Å². The molecule has 0 bridgehead atoms. The Morgan fingerprint density at radius 3 is 2.89 bits per heavy atom. The first kappa shape index (κ1) is 13.6. The summed E-state index contributed by atoms with van der Waals surface area (Å²) in [6, 6.07) is 7.86. The van der Waals surface area contributed by atoms with Crippen molar-refractivity contribution in [2.45, 2.75) is 31.5 Å². The van der Waals surface area contributed by atoms with Gasteiger partial charge in [-0.3, -0.25) is 0 Å². The number of halogens is 1. The summed E-state index contributed by atoms with van der Waals surface area (Å²) in [7, 11) is 0. The Labute approximate surface area is 114 Å². The molecule has 0 N–H and O–H groups in total. The normalized spacial score (nSPS) is 23.8. The Morgan fingerprint density at radius 2 is 2.17 bits per heavy atom. The number of benzene rings is 1. The van der Waals surface area contributed by atoms with Crippen molar-refractivity contribution in [2.75, 3.05) is 13.2 Å². The molecule has 2 rings (SSSR count). The fourth-order valence-corrected chi connectivity index (χ4v) is 2.27. The Balaban J connectivity index is 1.89. The lowest BCUT2D eigenvalue weighted by Gasteiger charge is -2.29. The quantitative estimate of drug-likeness (QED) is 0.589. The van der Waals surface area contributed by atoms with Crippen molar-refractivity contribution in [1.29, 1.82) is 0 Å². The van der Waals surface area contributed by atoms with Crippen LogP contribution < -0.4 is 0 Å². The molecule has 2 atom stereocenters. The molecule has 18 heavy (non-hydrogen) atoms. The van der Waals surface area contributed by atoms with Crippen molar-refractivity contribution in [2.24, 2.45) is 0 Å². The molecule has 2 unspecified atom stereocenters. The van der Waals surface area contributed by atoms with E-state index in [-0.39, 0.29) is 6.10 Å². The first-order chi connectivity index (χ1) is 8.79. The molecule has 0 spiro atoms. The largest absolute Gasteiger partial charge is 0.378 e. The molecule has 98 valence electrons. The van der Waals surface area contributed by atoms with E-state index < -0.39 is 0 Å². The van der Waals surface area contributed by atoms with Gasteiger partial charge in [0.1, 0.15) is 0 Å². The standard InChI is InChI=1S/C15H19ClO2/c1-2-3-9-17-14-8-10-18-15(11-14)12-4-6-13(16)7-5-12/h2,4-7,14-15H,1,3,8-11H2. The maximum Gasteiger partial charge on any atom is 0.0849 e. The van der Waals surface area contributed by atoms with Crippen LogP contribution in [-0.4, -0.2) is 19.3 Å². The first-order valence-electron chi connectivity index (χ1n) is 6.39. The summed E-state index contributed by atoms with van der Waals surface area (Å²) >= 11 is 5.89. The summed E-state index contributed by atoms with van der Waals surface area (Å²) in [6.07, 6.45) is 5.10. The van der Waals surface area contributed by atoms with E-state index in [1.54, 1.807) is 0 Å². The number of rotatable bonds is 5. The second-order valence-corrected chi connectivity index (χ2v) is 4.94. The van der Waals surface area contributed by atoms with Gasteiger partial charge in [0.2, 0.25) is 0 Å². The highest BCUT2D eigenvalue weighted by Crippen LogP contribution is 2.30. The van der Waals surface area contributed by atoms with Crippen LogP contribution in [0.25, 0.3) is 0 Å². The number of hydrogen-bond acceptors (Lipinski definition) is 2. The summed E-state index contributed by atoms with van der Waals surface area (Å²) in [5.41, 5.74) is 1.18. The smallest absolute Gasteiger partial charge is 0.0849 e. The molecule has 2 nitrogen and oxygen atoms in total. The second kappa shape index (κ2) is 6.93. The lowest BCUT2D eigenvalue weighted by molar-refractivity contribution is -0.0730. The van der Waals surface area contributed by atoms with Crippen molar-refractivity contribution in [1.82, 2.24) is 0 Å². The average molecular weight is 267 g/mol. The van der Waals surface area contributed by atoms with Crippen LogP contribution in [0.2, 0.25) is 5.02 Å². The highest BCUT2D eigenvalue weighted by atomic mass is 35.5. The van der Waals surface area contributed by atoms with Gasteiger partial charge < -0.3 is 9.47 Å². The molecule has 1 aliphatic rings. The van der Waals surface area contributed by atoms with E-state index in [0.29, 0.717) is 6.10 Å². The van der Waals surface area contributed by atoms with E-state index >= 15 is 0 Å². The van der Waals surface area contributed by atoms with Gasteiger partial charge in [-0.1, -0.05) is 29.8 Å². The topological polar surface area (TPSA) is 18.5 Å². The molecule has 0 aliphatic carbocycles. The second-order valence-electron chi connectivity index (χ2n) is 4.51. The molecule has 0 aromatic heterocycles. The Bertz CT molecular complexity index is 375. The highest BCUT2D eigenvalue weighted by Gasteiger charge is 2.24. The molecule has 1 heterocycles. The Kier molecular flexibility index (Phi) is 5.24. The van der Waals surface area contributed by atoms with Gasteiger partial charge in [-0.25, -0.2) is 0 Å². The number of ether oxygens (including phenoxy) is 2. The third-order valence-electron chi connectivity index (χ3n) is 3.15. The zero-order chi connectivity index (χ0) is 12.8. The van der Waals surface area contributed by atoms with E-state index in [9.17, 15) is 0 Å². The van der Waals surface area contributed by atoms with Gasteiger partial charge in [0, 0.05) is 18.1 Å². The molecule has 0 radical (unpaired) electrons. The lowest BCUT2D eigenvalue weighted by atomic mass is 9.99. The fraction of sp³-hybridized carbons (Fsp3) is 0.467. The van der Waals surface area contributed by atoms with Crippen molar-refractivity contribution >= 4 is 11.6 Å². The van der Waals surface area contributed by atoms with Crippen LogP contribution in [0.15, 0.2) is 36.9 Å². The third-order valence-corrected chi connectivity index (χ3v) is 3.41. The summed E-state index contributed by atoms with van der Waals surface area (Å²) in [6.45, 7) is 5.20. The van der Waals surface area contributed by atoms with Crippen LogP contribution >= 0.6 is 11.6 Å². The van der Waals surface area contributed by atoms with E-state index in [4.69, 9.17) is 21.1 Å². The van der Waals surface area contributed by atoms with Crippen molar-refractivity contribution < 1.29 is 9.47 Å². The third kappa shape index (κ3) is 3.84. The molecule has 1 aromatic rings. The molecular weight excluding hydrogens is 248 g/mol. The van der Waals surface area contributed by atoms with Gasteiger partial charge in [0.15, 0.2) is 0 Å². The van der Waals surface area contributed by atoms with Gasteiger partial charge in [-0.05, 0) is 30.5 Å². The van der Waals surface area contributed by atoms with Gasteiger partial charge in [0.05, 0.1) is 18.8 Å². The minimum absolute atomic E-state index is 0.129. The molecular formula is C15H19ClO2. The van der Waals surface area contributed by atoms with Gasteiger partial charge >= 0.3 is 0 Å². The molecule has 1 saturated heterocycles. The summed E-state index contributed by atoms with van der Waals surface area (Å²) < 4.78 is 11.6. The zero-order valence-corrected chi connectivity index (χ0v) is 11.2. The van der Waals surface area contributed by atoms with Gasteiger partial charge in [-0.15, -0.1) is 6.58 Å². The fourth-order valence-electron chi connectivity index (χ4n) is 2.15. The molecule has 1 aromatic carbocycles. The number of hydrogen-bond donors (Lipinski definition) is 0. The molecule has 0 amide bonds. The maximum absolute atomic E-state index is 5.89. The maximum atomic E-state index is 5.89. The molecule has 1 fully saturated rings. The first-order valence-corrected chi connectivity index (χ1v) is 6.77. The van der Waals surface area contributed by atoms with Crippen LogP contribution in [0, 0.1) is 0 Å². The van der Waals surface area contributed by atoms with E-state index in [1.165, 1.54) is 5.56 Å². The zero-order valence-electron chi connectivity index (χ0n) is 10.5. The minimum atomic E-state index is 0.129. The van der Waals surface area contributed by atoms with Crippen molar-refractivity contribution in [3.8, 4) is 0 Å². The van der Waals surface area contributed by atoms with E-state index in [2.05, 4.69) is 6.58 Å².